The van der Waals surface area contributed by atoms with E-state index in [-0.39, 0.29) is 17.8 Å². The van der Waals surface area contributed by atoms with Gasteiger partial charge in [-0.05, 0) is 44.7 Å². The molecule has 1 aliphatic rings. The molecule has 1 fully saturated rings. The van der Waals surface area contributed by atoms with Crippen molar-refractivity contribution in [2.24, 2.45) is 7.05 Å². The molecule has 0 radical (unpaired) electrons. The first kappa shape index (κ1) is 18.9. The zero-order chi connectivity index (χ0) is 21.2. The van der Waals surface area contributed by atoms with Crippen LogP contribution in [0.3, 0.4) is 0 Å². The van der Waals surface area contributed by atoms with Crippen LogP contribution < -0.4 is 11.2 Å². The Bertz CT molecular complexity index is 1410. The summed E-state index contributed by atoms with van der Waals surface area (Å²) in [5.41, 5.74) is 4.55. The largest absolute Gasteiger partial charge is 0.332 e. The summed E-state index contributed by atoms with van der Waals surface area (Å²) in [6.07, 6.45) is 6.68. The van der Waals surface area contributed by atoms with E-state index in [0.29, 0.717) is 17.2 Å². The molecule has 1 saturated carbocycles. The van der Waals surface area contributed by atoms with Gasteiger partial charge in [0, 0.05) is 25.0 Å². The normalized spacial score (nSPS) is 15.1. The molecule has 7 nitrogen and oxygen atoms in total. The lowest BCUT2D eigenvalue weighted by Gasteiger charge is -2.13. The highest BCUT2D eigenvalue weighted by atomic mass is 16.2. The molecule has 0 amide bonds. The zero-order valence-corrected chi connectivity index (χ0v) is 18.0. The first-order valence-corrected chi connectivity index (χ1v) is 10.6. The van der Waals surface area contributed by atoms with Gasteiger partial charge in [-0.3, -0.25) is 18.3 Å². The van der Waals surface area contributed by atoms with E-state index >= 15 is 0 Å². The summed E-state index contributed by atoms with van der Waals surface area (Å²) in [7, 11) is 1.70. The maximum Gasteiger partial charge on any atom is 0.332 e. The predicted molar refractivity (Wildman–Crippen MR) is 117 cm³/mol. The van der Waals surface area contributed by atoms with Gasteiger partial charge < -0.3 is 4.57 Å². The van der Waals surface area contributed by atoms with E-state index in [1.54, 1.807) is 7.05 Å². The summed E-state index contributed by atoms with van der Waals surface area (Å²) in [4.78, 5) is 31.3. The van der Waals surface area contributed by atoms with Crippen molar-refractivity contribution in [1.82, 2.24) is 23.1 Å². The Kier molecular flexibility index (Phi) is 4.24. The van der Waals surface area contributed by atoms with Crippen molar-refractivity contribution >= 4 is 16.9 Å². The molecule has 3 heterocycles. The van der Waals surface area contributed by atoms with Gasteiger partial charge in [0.1, 0.15) is 0 Å². The molecule has 0 atom stereocenters. The molecule has 0 spiro atoms. The lowest BCUT2D eigenvalue weighted by molar-refractivity contribution is 0.520. The summed E-state index contributed by atoms with van der Waals surface area (Å²) in [6.45, 7) is 6.34. The smallest absolute Gasteiger partial charge is 0.311 e. The van der Waals surface area contributed by atoms with Crippen molar-refractivity contribution in [2.75, 3.05) is 0 Å². The number of fused-ring (bicyclic) bond motifs is 3. The van der Waals surface area contributed by atoms with Crippen LogP contribution in [0.25, 0.3) is 16.9 Å². The van der Waals surface area contributed by atoms with Crippen molar-refractivity contribution < 1.29 is 0 Å². The maximum absolute atomic E-state index is 13.5. The Hall–Kier alpha value is -3.09. The van der Waals surface area contributed by atoms with Gasteiger partial charge in [0.25, 0.3) is 5.56 Å². The standard InChI is InChI=1S/C23H27N5O2/c1-14-9-10-15(2)17(11-14)13-27-21(29)19-20(25(4)23(27)30)24-22-26(19)12-16(3)28(22)18-7-5-6-8-18/h9-12,18H,5-8,13H2,1-4H3. The van der Waals surface area contributed by atoms with E-state index < -0.39 is 0 Å². The van der Waals surface area contributed by atoms with E-state index in [1.807, 2.05) is 42.6 Å². The Balaban J connectivity index is 1.77. The van der Waals surface area contributed by atoms with Gasteiger partial charge >= 0.3 is 5.69 Å². The lowest BCUT2D eigenvalue weighted by Crippen LogP contribution is -2.39. The van der Waals surface area contributed by atoms with E-state index in [0.717, 1.165) is 41.0 Å². The molecule has 156 valence electrons. The van der Waals surface area contributed by atoms with Crippen LogP contribution in [-0.4, -0.2) is 23.1 Å². The van der Waals surface area contributed by atoms with Gasteiger partial charge in [-0.25, -0.2) is 4.79 Å². The van der Waals surface area contributed by atoms with Gasteiger partial charge in [-0.2, -0.15) is 4.98 Å². The molecule has 1 aromatic carbocycles. The summed E-state index contributed by atoms with van der Waals surface area (Å²) in [5.74, 6) is 0.756. The summed E-state index contributed by atoms with van der Waals surface area (Å²) in [5, 5.41) is 0. The first-order valence-electron chi connectivity index (χ1n) is 10.6. The SMILES string of the molecule is Cc1ccc(C)c(Cn2c(=O)c3c(nc4n(C5CCCC5)c(C)cn34)n(C)c2=O)c1. The van der Waals surface area contributed by atoms with Crippen molar-refractivity contribution in [3.8, 4) is 0 Å². The molecule has 0 aliphatic heterocycles. The quantitative estimate of drug-likeness (QED) is 0.526. The van der Waals surface area contributed by atoms with Gasteiger partial charge in [0.15, 0.2) is 11.2 Å². The molecular formula is C23H27N5O2. The van der Waals surface area contributed by atoms with E-state index in [9.17, 15) is 9.59 Å². The average molecular weight is 406 g/mol. The number of aryl methyl sites for hydroxylation is 4. The molecule has 30 heavy (non-hydrogen) atoms. The Morgan fingerprint density at radius 1 is 1.10 bits per heavy atom. The highest BCUT2D eigenvalue weighted by Crippen LogP contribution is 2.33. The fourth-order valence-electron chi connectivity index (χ4n) is 4.92. The van der Waals surface area contributed by atoms with Gasteiger partial charge in [-0.15, -0.1) is 0 Å². The number of hydrogen-bond donors (Lipinski definition) is 0. The highest BCUT2D eigenvalue weighted by molar-refractivity contribution is 5.75. The molecule has 0 saturated heterocycles. The van der Waals surface area contributed by atoms with E-state index in [2.05, 4.69) is 11.5 Å². The van der Waals surface area contributed by atoms with Crippen molar-refractivity contribution in [1.29, 1.82) is 0 Å². The minimum atomic E-state index is -0.335. The maximum atomic E-state index is 13.5. The first-order chi connectivity index (χ1) is 14.4. The Morgan fingerprint density at radius 3 is 2.57 bits per heavy atom. The molecular weight excluding hydrogens is 378 g/mol. The second kappa shape index (κ2) is 6.72. The van der Waals surface area contributed by atoms with E-state index in [4.69, 9.17) is 4.98 Å². The van der Waals surface area contributed by atoms with Crippen LogP contribution in [0.2, 0.25) is 0 Å². The molecule has 0 N–H and O–H groups in total. The van der Waals surface area contributed by atoms with Crippen LogP contribution in [0.1, 0.15) is 54.1 Å². The van der Waals surface area contributed by atoms with Gasteiger partial charge in [0.2, 0.25) is 5.78 Å². The number of rotatable bonds is 3. The van der Waals surface area contributed by atoms with E-state index in [1.165, 1.54) is 22.0 Å². The van der Waals surface area contributed by atoms with Gasteiger partial charge in [0.05, 0.1) is 6.54 Å². The van der Waals surface area contributed by atoms with Crippen LogP contribution in [0.4, 0.5) is 0 Å². The van der Waals surface area contributed by atoms with Gasteiger partial charge in [-0.1, -0.05) is 36.6 Å². The average Bonchev–Trinajstić information content (AvgIpc) is 3.41. The Labute approximate surface area is 174 Å². The fraction of sp³-hybridized carbons (Fsp3) is 0.435. The zero-order valence-electron chi connectivity index (χ0n) is 18.0. The molecule has 5 rings (SSSR count). The molecule has 1 aliphatic carbocycles. The topological polar surface area (TPSA) is 66.2 Å². The number of aromatic nitrogens is 5. The van der Waals surface area contributed by atoms with Crippen LogP contribution in [0, 0.1) is 20.8 Å². The molecule has 4 aromatic rings. The monoisotopic (exact) mass is 405 g/mol. The Morgan fingerprint density at radius 2 is 1.83 bits per heavy atom. The second-order valence-corrected chi connectivity index (χ2v) is 8.70. The van der Waals surface area contributed by atoms with Crippen molar-refractivity contribution in [2.45, 2.75) is 59.0 Å². The number of nitrogens with zero attached hydrogens (tertiary/aromatic N) is 5. The molecule has 3 aromatic heterocycles. The second-order valence-electron chi connectivity index (χ2n) is 8.70. The minimum absolute atomic E-state index is 0.254. The number of imidazole rings is 2. The van der Waals surface area contributed by atoms with Crippen LogP contribution in [0.15, 0.2) is 34.0 Å². The number of benzene rings is 1. The van der Waals surface area contributed by atoms with Crippen LogP contribution in [0.5, 0.6) is 0 Å². The van der Waals surface area contributed by atoms with Crippen molar-refractivity contribution in [3.05, 3.63) is 67.6 Å². The third kappa shape index (κ3) is 2.68. The summed E-state index contributed by atoms with van der Waals surface area (Å²) >= 11 is 0. The molecule has 0 unspecified atom stereocenters. The number of hydrogen-bond acceptors (Lipinski definition) is 3. The lowest BCUT2D eigenvalue weighted by atomic mass is 10.1. The van der Waals surface area contributed by atoms with Crippen LogP contribution in [-0.2, 0) is 13.6 Å². The summed E-state index contributed by atoms with van der Waals surface area (Å²) < 4.78 is 6.96. The molecule has 0 bridgehead atoms. The van der Waals surface area contributed by atoms with Crippen LogP contribution >= 0.6 is 0 Å². The summed E-state index contributed by atoms with van der Waals surface area (Å²) in [6, 6.07) is 6.52. The van der Waals surface area contributed by atoms with Crippen molar-refractivity contribution in [3.63, 3.8) is 0 Å². The highest BCUT2D eigenvalue weighted by Gasteiger charge is 2.25. The minimum Gasteiger partial charge on any atom is -0.311 e. The predicted octanol–water partition coefficient (Wildman–Crippen LogP) is 3.24. The molecule has 7 heteroatoms. The third-order valence-corrected chi connectivity index (χ3v) is 6.59. The third-order valence-electron chi connectivity index (χ3n) is 6.59. The fourth-order valence-corrected chi connectivity index (χ4v) is 4.92.